The fourth-order valence-corrected chi connectivity index (χ4v) is 1.86. The molecule has 0 aliphatic carbocycles. The summed E-state index contributed by atoms with van der Waals surface area (Å²) in [6.07, 6.45) is 0. The third-order valence-electron chi connectivity index (χ3n) is 3.75. The smallest absolute Gasteiger partial charge is 0.325 e. The van der Waals surface area contributed by atoms with E-state index in [0.29, 0.717) is 0 Å². The van der Waals surface area contributed by atoms with Gasteiger partial charge in [0, 0.05) is 0 Å². The van der Waals surface area contributed by atoms with Gasteiger partial charge in [-0.25, -0.2) is 0 Å². The number of carboxylic acids is 1. The van der Waals surface area contributed by atoms with Gasteiger partial charge in [0.2, 0.25) is 17.7 Å². The highest BCUT2D eigenvalue weighted by atomic mass is 16.4. The number of rotatable bonds is 9. The Bertz CT molecular complexity index is 507. The van der Waals surface area contributed by atoms with Gasteiger partial charge in [-0.1, -0.05) is 27.7 Å². The fraction of sp³-hybridized carbons (Fsp3) is 0.750. The van der Waals surface area contributed by atoms with Crippen LogP contribution in [0.5, 0.6) is 0 Å². The summed E-state index contributed by atoms with van der Waals surface area (Å²) in [5, 5.41) is 16.1. The number of nitrogens with two attached hydrogens (primary N) is 1. The first-order chi connectivity index (χ1) is 11.4. The maximum absolute atomic E-state index is 12.4. The third kappa shape index (κ3) is 7.51. The van der Waals surface area contributed by atoms with Gasteiger partial charge in [-0.2, -0.15) is 0 Å². The highest BCUT2D eigenvalue weighted by molar-refractivity contribution is 5.94. The molecule has 0 aliphatic heterocycles. The van der Waals surface area contributed by atoms with E-state index in [9.17, 15) is 19.2 Å². The van der Waals surface area contributed by atoms with Crippen molar-refractivity contribution in [2.24, 2.45) is 17.6 Å². The van der Waals surface area contributed by atoms with Crippen LogP contribution in [0.15, 0.2) is 0 Å². The van der Waals surface area contributed by atoms with Crippen LogP contribution in [-0.4, -0.2) is 53.0 Å². The van der Waals surface area contributed by atoms with Crippen molar-refractivity contribution in [2.45, 2.75) is 65.7 Å². The summed E-state index contributed by atoms with van der Waals surface area (Å²) in [6, 6.07) is -3.63. The Kier molecular flexibility index (Phi) is 9.11. The molecule has 0 rings (SSSR count). The van der Waals surface area contributed by atoms with Crippen molar-refractivity contribution < 1.29 is 24.3 Å². The zero-order valence-electron chi connectivity index (χ0n) is 15.6. The molecule has 0 heterocycles. The Balaban J connectivity index is 4.87. The maximum atomic E-state index is 12.4. The molecule has 0 saturated heterocycles. The van der Waals surface area contributed by atoms with E-state index in [1.54, 1.807) is 27.7 Å². The predicted molar refractivity (Wildman–Crippen MR) is 92.4 cm³/mol. The molecule has 0 fully saturated rings. The highest BCUT2D eigenvalue weighted by Gasteiger charge is 2.29. The molecule has 0 aromatic carbocycles. The van der Waals surface area contributed by atoms with Gasteiger partial charge in [0.15, 0.2) is 0 Å². The van der Waals surface area contributed by atoms with Crippen molar-refractivity contribution in [3.63, 3.8) is 0 Å². The normalized spacial score (nSPS) is 15.9. The molecule has 4 atom stereocenters. The molecule has 144 valence electrons. The number of hydrogen-bond donors (Lipinski definition) is 5. The Labute approximate surface area is 148 Å². The Morgan fingerprint density at radius 3 is 1.60 bits per heavy atom. The fourth-order valence-electron chi connectivity index (χ4n) is 1.86. The van der Waals surface area contributed by atoms with Crippen LogP contribution >= 0.6 is 0 Å². The lowest BCUT2D eigenvalue weighted by Crippen LogP contribution is -2.58. The van der Waals surface area contributed by atoms with Crippen LogP contribution in [0.1, 0.15) is 41.5 Å². The SMILES string of the molecule is CC(C)[C@H](N)C(=O)N[C@H](C(=O)N[C@@H](C)C(=O)N[C@@H](C)C(=O)O)C(C)C. The minimum atomic E-state index is -1.18. The summed E-state index contributed by atoms with van der Waals surface area (Å²) in [5.41, 5.74) is 5.78. The zero-order valence-corrected chi connectivity index (χ0v) is 15.6. The minimum absolute atomic E-state index is 0.0851. The molecule has 0 saturated carbocycles. The van der Waals surface area contributed by atoms with Gasteiger partial charge in [0.25, 0.3) is 0 Å². The number of amides is 3. The van der Waals surface area contributed by atoms with Gasteiger partial charge in [0.1, 0.15) is 18.1 Å². The average Bonchev–Trinajstić information content (AvgIpc) is 2.50. The third-order valence-corrected chi connectivity index (χ3v) is 3.75. The van der Waals surface area contributed by atoms with Crippen molar-refractivity contribution in [3.05, 3.63) is 0 Å². The van der Waals surface area contributed by atoms with Gasteiger partial charge >= 0.3 is 5.97 Å². The lowest BCUT2D eigenvalue weighted by Gasteiger charge is -2.26. The monoisotopic (exact) mass is 358 g/mol. The van der Waals surface area contributed by atoms with Crippen molar-refractivity contribution in [3.8, 4) is 0 Å². The van der Waals surface area contributed by atoms with Crippen LogP contribution in [0.4, 0.5) is 0 Å². The molecule has 6 N–H and O–H groups in total. The van der Waals surface area contributed by atoms with E-state index in [4.69, 9.17) is 10.8 Å². The largest absolute Gasteiger partial charge is 0.480 e. The van der Waals surface area contributed by atoms with Gasteiger partial charge in [-0.3, -0.25) is 19.2 Å². The first-order valence-corrected chi connectivity index (χ1v) is 8.27. The number of aliphatic carboxylic acids is 1. The van der Waals surface area contributed by atoms with E-state index >= 15 is 0 Å². The van der Waals surface area contributed by atoms with Gasteiger partial charge in [-0.15, -0.1) is 0 Å². The summed E-state index contributed by atoms with van der Waals surface area (Å²) in [4.78, 5) is 47.1. The van der Waals surface area contributed by atoms with Crippen LogP contribution < -0.4 is 21.7 Å². The number of hydrogen-bond acceptors (Lipinski definition) is 5. The molecule has 0 radical (unpaired) electrons. The van der Waals surface area contributed by atoms with Crippen molar-refractivity contribution in [2.75, 3.05) is 0 Å². The summed E-state index contributed by atoms with van der Waals surface area (Å²) >= 11 is 0. The summed E-state index contributed by atoms with van der Waals surface area (Å²) < 4.78 is 0. The second-order valence-corrected chi connectivity index (χ2v) is 6.80. The molecule has 0 aromatic rings. The van der Waals surface area contributed by atoms with Crippen molar-refractivity contribution >= 4 is 23.7 Å². The van der Waals surface area contributed by atoms with E-state index < -0.39 is 47.9 Å². The van der Waals surface area contributed by atoms with Crippen LogP contribution in [0.25, 0.3) is 0 Å². The summed E-state index contributed by atoms with van der Waals surface area (Å²) in [5.74, 6) is -3.10. The summed E-state index contributed by atoms with van der Waals surface area (Å²) in [6.45, 7) is 9.85. The minimum Gasteiger partial charge on any atom is -0.480 e. The molecule has 25 heavy (non-hydrogen) atoms. The quantitative estimate of drug-likeness (QED) is 0.364. The van der Waals surface area contributed by atoms with E-state index in [1.807, 2.05) is 0 Å². The molecule has 9 nitrogen and oxygen atoms in total. The standard InChI is InChI=1S/C16H30N4O5/c1-7(2)11(17)14(22)20-12(8(3)4)15(23)18-9(5)13(21)19-10(6)16(24)25/h7-12H,17H2,1-6H3,(H,18,23)(H,19,21)(H,20,22)(H,24,25)/t9-,10-,11-,12-/m0/s1. The molecular weight excluding hydrogens is 328 g/mol. The molecule has 0 bridgehead atoms. The Hall–Kier alpha value is -2.16. The molecule has 0 aromatic heterocycles. The first-order valence-electron chi connectivity index (χ1n) is 8.27. The lowest BCUT2D eigenvalue weighted by molar-refractivity contribution is -0.141. The molecule has 0 spiro atoms. The van der Waals surface area contributed by atoms with Crippen LogP contribution in [0.2, 0.25) is 0 Å². The van der Waals surface area contributed by atoms with E-state index in [2.05, 4.69) is 16.0 Å². The van der Waals surface area contributed by atoms with Crippen LogP contribution in [-0.2, 0) is 19.2 Å². The van der Waals surface area contributed by atoms with Crippen LogP contribution in [0.3, 0.4) is 0 Å². The van der Waals surface area contributed by atoms with Gasteiger partial charge in [-0.05, 0) is 25.7 Å². The molecule has 0 unspecified atom stereocenters. The molecular formula is C16H30N4O5. The lowest BCUT2D eigenvalue weighted by atomic mass is 10.00. The summed E-state index contributed by atoms with van der Waals surface area (Å²) in [7, 11) is 0. The molecule has 0 aliphatic rings. The highest BCUT2D eigenvalue weighted by Crippen LogP contribution is 2.05. The number of carboxylic acid groups (broad SMARTS) is 1. The van der Waals surface area contributed by atoms with Crippen molar-refractivity contribution in [1.82, 2.24) is 16.0 Å². The molecule has 3 amide bonds. The average molecular weight is 358 g/mol. The van der Waals surface area contributed by atoms with Gasteiger partial charge < -0.3 is 26.8 Å². The zero-order chi connectivity index (χ0) is 19.9. The number of carbonyl (C=O) groups is 4. The second-order valence-electron chi connectivity index (χ2n) is 6.80. The van der Waals surface area contributed by atoms with E-state index in [0.717, 1.165) is 0 Å². The topological polar surface area (TPSA) is 151 Å². The molecule has 9 heteroatoms. The number of carbonyl (C=O) groups excluding carboxylic acids is 3. The Morgan fingerprint density at radius 2 is 1.20 bits per heavy atom. The number of nitrogens with one attached hydrogen (secondary N) is 3. The first kappa shape index (κ1) is 22.8. The van der Waals surface area contributed by atoms with Gasteiger partial charge in [0.05, 0.1) is 6.04 Å². The van der Waals surface area contributed by atoms with E-state index in [1.165, 1.54) is 13.8 Å². The maximum Gasteiger partial charge on any atom is 0.325 e. The van der Waals surface area contributed by atoms with Crippen LogP contribution in [0, 0.1) is 11.8 Å². The second kappa shape index (κ2) is 9.97. The van der Waals surface area contributed by atoms with E-state index in [-0.39, 0.29) is 11.8 Å². The predicted octanol–water partition coefficient (Wildman–Crippen LogP) is -0.795. The Morgan fingerprint density at radius 1 is 0.720 bits per heavy atom. The van der Waals surface area contributed by atoms with Crippen molar-refractivity contribution in [1.29, 1.82) is 0 Å².